The molecule has 0 aliphatic heterocycles. The van der Waals surface area contributed by atoms with Gasteiger partial charge in [-0.3, -0.25) is 4.79 Å². The van der Waals surface area contributed by atoms with E-state index in [0.717, 1.165) is 4.90 Å². The van der Waals surface area contributed by atoms with E-state index >= 15 is 0 Å². The van der Waals surface area contributed by atoms with Crippen molar-refractivity contribution in [3.05, 3.63) is 57.2 Å². The summed E-state index contributed by atoms with van der Waals surface area (Å²) in [6.07, 6.45) is 1.51. The lowest BCUT2D eigenvalue weighted by Crippen LogP contribution is -2.14. The van der Waals surface area contributed by atoms with E-state index in [0.29, 0.717) is 22.2 Å². The molecule has 0 unspecified atom stereocenters. The molecule has 0 atom stereocenters. The number of H-pyrrole nitrogens is 1. The average molecular weight is 301 g/mol. The second-order valence-electron chi connectivity index (χ2n) is 3.54. The van der Waals surface area contributed by atoms with E-state index in [2.05, 4.69) is 9.97 Å². The van der Waals surface area contributed by atoms with E-state index < -0.39 is 0 Å². The quantitative estimate of drug-likeness (QED) is 0.695. The van der Waals surface area contributed by atoms with Crippen molar-refractivity contribution in [1.29, 1.82) is 0 Å². The summed E-state index contributed by atoms with van der Waals surface area (Å²) in [5.41, 5.74) is 0.290. The van der Waals surface area contributed by atoms with Gasteiger partial charge in [0.25, 0.3) is 5.56 Å². The van der Waals surface area contributed by atoms with Gasteiger partial charge in [-0.15, -0.1) is 23.4 Å². The molecule has 2 aromatic rings. The SMILES string of the molecule is O=c1[nH]c(CSc2ccccc2Cl)ncc1CCl. The Morgan fingerprint density at radius 3 is 2.78 bits per heavy atom. The number of aromatic nitrogens is 2. The fourth-order valence-corrected chi connectivity index (χ4v) is 2.64. The molecule has 0 aliphatic carbocycles. The highest BCUT2D eigenvalue weighted by Gasteiger charge is 2.04. The highest BCUT2D eigenvalue weighted by atomic mass is 35.5. The van der Waals surface area contributed by atoms with Gasteiger partial charge in [0, 0.05) is 11.1 Å². The summed E-state index contributed by atoms with van der Waals surface area (Å²) < 4.78 is 0. The molecule has 0 radical (unpaired) electrons. The van der Waals surface area contributed by atoms with Crippen molar-refractivity contribution in [3.8, 4) is 0 Å². The Morgan fingerprint density at radius 1 is 1.33 bits per heavy atom. The molecule has 0 bridgehead atoms. The molecule has 6 heteroatoms. The Balaban J connectivity index is 2.09. The van der Waals surface area contributed by atoms with E-state index in [4.69, 9.17) is 23.2 Å². The summed E-state index contributed by atoms with van der Waals surface area (Å²) in [5.74, 6) is 1.33. The van der Waals surface area contributed by atoms with Gasteiger partial charge >= 0.3 is 0 Å². The van der Waals surface area contributed by atoms with Gasteiger partial charge < -0.3 is 4.98 Å². The van der Waals surface area contributed by atoms with Crippen LogP contribution in [0, 0.1) is 0 Å². The Labute approximate surface area is 119 Å². The lowest BCUT2D eigenvalue weighted by Gasteiger charge is -2.03. The molecule has 1 heterocycles. The monoisotopic (exact) mass is 300 g/mol. The molecule has 3 nitrogen and oxygen atoms in total. The molecule has 0 spiro atoms. The van der Waals surface area contributed by atoms with Crippen LogP contribution >= 0.6 is 35.0 Å². The smallest absolute Gasteiger partial charge is 0.255 e. The second kappa shape index (κ2) is 6.27. The predicted octanol–water partition coefficient (Wildman–Crippen LogP) is 3.45. The number of rotatable bonds is 4. The minimum Gasteiger partial charge on any atom is -0.310 e. The molecular formula is C12H10Cl2N2OS. The minimum atomic E-state index is -0.185. The van der Waals surface area contributed by atoms with Crippen LogP contribution in [0.1, 0.15) is 11.4 Å². The zero-order valence-electron chi connectivity index (χ0n) is 9.32. The first-order chi connectivity index (χ1) is 8.70. The zero-order valence-corrected chi connectivity index (χ0v) is 11.6. The molecular weight excluding hydrogens is 291 g/mol. The maximum atomic E-state index is 11.5. The van der Waals surface area contributed by atoms with E-state index in [1.807, 2.05) is 24.3 Å². The van der Waals surface area contributed by atoms with Crippen LogP contribution in [0.25, 0.3) is 0 Å². The molecule has 94 valence electrons. The first kappa shape index (κ1) is 13.5. The lowest BCUT2D eigenvalue weighted by molar-refractivity contribution is 0.973. The second-order valence-corrected chi connectivity index (χ2v) is 5.23. The van der Waals surface area contributed by atoms with E-state index in [1.165, 1.54) is 18.0 Å². The summed E-state index contributed by atoms with van der Waals surface area (Å²) >= 11 is 13.2. The fraction of sp³-hybridized carbons (Fsp3) is 0.167. The number of benzene rings is 1. The van der Waals surface area contributed by atoms with Crippen molar-refractivity contribution in [2.24, 2.45) is 0 Å². The predicted molar refractivity (Wildman–Crippen MR) is 75.4 cm³/mol. The molecule has 1 N–H and O–H groups in total. The van der Waals surface area contributed by atoms with Gasteiger partial charge in [0.15, 0.2) is 0 Å². The molecule has 0 saturated carbocycles. The van der Waals surface area contributed by atoms with Gasteiger partial charge in [-0.2, -0.15) is 0 Å². The first-order valence-corrected chi connectivity index (χ1v) is 7.11. The Morgan fingerprint density at radius 2 is 2.11 bits per heavy atom. The topological polar surface area (TPSA) is 45.8 Å². The summed E-state index contributed by atoms with van der Waals surface area (Å²) in [6.45, 7) is 0. The van der Waals surface area contributed by atoms with Crippen LogP contribution < -0.4 is 5.56 Å². The number of nitrogens with zero attached hydrogens (tertiary/aromatic N) is 1. The van der Waals surface area contributed by atoms with Gasteiger partial charge in [-0.1, -0.05) is 23.7 Å². The number of thioether (sulfide) groups is 1. The fourth-order valence-electron chi connectivity index (χ4n) is 1.33. The summed E-state index contributed by atoms with van der Waals surface area (Å²) in [7, 11) is 0. The van der Waals surface area contributed by atoms with Gasteiger partial charge in [0.05, 0.1) is 22.2 Å². The van der Waals surface area contributed by atoms with Gasteiger partial charge in [0.2, 0.25) is 0 Å². The third kappa shape index (κ3) is 3.28. The minimum absolute atomic E-state index is 0.167. The third-order valence-electron chi connectivity index (χ3n) is 2.27. The number of aromatic amines is 1. The van der Waals surface area contributed by atoms with Gasteiger partial charge in [-0.25, -0.2) is 4.98 Å². The van der Waals surface area contributed by atoms with Crippen molar-refractivity contribution in [1.82, 2.24) is 9.97 Å². The average Bonchev–Trinajstić information content (AvgIpc) is 2.38. The highest BCUT2D eigenvalue weighted by molar-refractivity contribution is 7.98. The molecule has 1 aromatic heterocycles. The van der Waals surface area contributed by atoms with Crippen molar-refractivity contribution in [2.45, 2.75) is 16.5 Å². The van der Waals surface area contributed by atoms with Crippen molar-refractivity contribution in [2.75, 3.05) is 0 Å². The van der Waals surface area contributed by atoms with Crippen LogP contribution in [-0.2, 0) is 11.6 Å². The largest absolute Gasteiger partial charge is 0.310 e. The number of nitrogens with one attached hydrogen (secondary N) is 1. The third-order valence-corrected chi connectivity index (χ3v) is 4.09. The van der Waals surface area contributed by atoms with Crippen LogP contribution in [0.5, 0.6) is 0 Å². The van der Waals surface area contributed by atoms with E-state index in [1.54, 1.807) is 0 Å². The van der Waals surface area contributed by atoms with E-state index in [-0.39, 0.29) is 11.4 Å². The number of hydrogen-bond donors (Lipinski definition) is 1. The van der Waals surface area contributed by atoms with Crippen molar-refractivity contribution >= 4 is 35.0 Å². The standard InChI is InChI=1S/C12H10Cl2N2OS/c13-5-8-6-15-11(16-12(8)17)7-18-10-4-2-1-3-9(10)14/h1-4,6H,5,7H2,(H,15,16,17). The summed E-state index contributed by atoms with van der Waals surface area (Å²) in [4.78, 5) is 19.3. The first-order valence-electron chi connectivity index (χ1n) is 5.21. The summed E-state index contributed by atoms with van der Waals surface area (Å²) in [6, 6.07) is 7.55. The zero-order chi connectivity index (χ0) is 13.0. The van der Waals surface area contributed by atoms with Gasteiger partial charge in [-0.05, 0) is 12.1 Å². The Bertz CT molecular complexity index is 601. The molecule has 2 rings (SSSR count). The molecule has 18 heavy (non-hydrogen) atoms. The van der Waals surface area contributed by atoms with Crippen LogP contribution in [0.3, 0.4) is 0 Å². The lowest BCUT2D eigenvalue weighted by atomic mass is 10.4. The maximum absolute atomic E-state index is 11.5. The van der Waals surface area contributed by atoms with Crippen LogP contribution in [0.15, 0.2) is 40.2 Å². The molecule has 0 amide bonds. The maximum Gasteiger partial charge on any atom is 0.255 e. The Kier molecular flexibility index (Phi) is 4.69. The number of alkyl halides is 1. The van der Waals surface area contributed by atoms with Gasteiger partial charge in [0.1, 0.15) is 5.82 Å². The van der Waals surface area contributed by atoms with Crippen LogP contribution in [-0.4, -0.2) is 9.97 Å². The van der Waals surface area contributed by atoms with Crippen molar-refractivity contribution in [3.63, 3.8) is 0 Å². The number of halogens is 2. The molecule has 0 aliphatic rings. The summed E-state index contributed by atoms with van der Waals surface area (Å²) in [5, 5.41) is 0.697. The normalized spacial score (nSPS) is 10.6. The van der Waals surface area contributed by atoms with Crippen LogP contribution in [0.2, 0.25) is 5.02 Å². The van der Waals surface area contributed by atoms with Crippen LogP contribution in [0.4, 0.5) is 0 Å². The van der Waals surface area contributed by atoms with Crippen molar-refractivity contribution < 1.29 is 0 Å². The van der Waals surface area contributed by atoms with E-state index in [9.17, 15) is 4.79 Å². The Hall–Kier alpha value is -0.970. The molecule has 1 aromatic carbocycles. The number of hydrogen-bond acceptors (Lipinski definition) is 3. The molecule has 0 saturated heterocycles. The highest BCUT2D eigenvalue weighted by Crippen LogP contribution is 2.28. The molecule has 0 fully saturated rings.